The predicted octanol–water partition coefficient (Wildman–Crippen LogP) is 0.249. The van der Waals surface area contributed by atoms with Gasteiger partial charge in [-0.3, -0.25) is 0 Å². The third-order valence-corrected chi connectivity index (χ3v) is 1.36. The number of methoxy groups -OCH3 is 1. The van der Waals surface area contributed by atoms with E-state index < -0.39 is 0 Å². The van der Waals surface area contributed by atoms with Crippen LogP contribution >= 0.6 is 0 Å². The summed E-state index contributed by atoms with van der Waals surface area (Å²) in [6.45, 7) is 0. The molecule has 0 saturated carbocycles. The Bertz CT molecular complexity index is 237. The number of ether oxygens (including phenoxy) is 1. The summed E-state index contributed by atoms with van der Waals surface area (Å²) in [4.78, 5) is 0. The van der Waals surface area contributed by atoms with Crippen LogP contribution in [-0.4, -0.2) is 7.11 Å². The highest BCUT2D eigenvalue weighted by molar-refractivity contribution is 5.56. The van der Waals surface area contributed by atoms with Crippen molar-refractivity contribution in [1.29, 1.82) is 0 Å². The van der Waals surface area contributed by atoms with E-state index in [2.05, 4.69) is 0 Å². The van der Waals surface area contributed by atoms with Gasteiger partial charge in [0, 0.05) is 0 Å². The van der Waals surface area contributed by atoms with Crippen LogP contribution in [0, 0.1) is 0 Å². The van der Waals surface area contributed by atoms with E-state index in [0.29, 0.717) is 11.4 Å². The first-order chi connectivity index (χ1) is 5.25. The summed E-state index contributed by atoms with van der Waals surface area (Å²) in [5, 5.41) is 1.03. The lowest BCUT2D eigenvalue weighted by atomic mass is 10.3. The number of hydrazine groups is 2. The lowest BCUT2D eigenvalue weighted by Gasteiger charge is -2.14. The van der Waals surface area contributed by atoms with Gasteiger partial charge in [-0.1, -0.05) is 12.1 Å². The fourth-order valence-electron chi connectivity index (χ4n) is 0.843. The molecule has 0 aromatic heterocycles. The normalized spacial score (nSPS) is 9.36. The van der Waals surface area contributed by atoms with Gasteiger partial charge in [-0.25, -0.2) is 16.8 Å². The summed E-state index contributed by atoms with van der Waals surface area (Å²) in [5.41, 5.74) is 0.662. The monoisotopic (exact) mass is 153 g/mol. The van der Waals surface area contributed by atoms with Gasteiger partial charge in [0.2, 0.25) is 0 Å². The molecule has 0 aliphatic carbocycles. The van der Waals surface area contributed by atoms with Crippen molar-refractivity contribution in [3.8, 4) is 5.75 Å². The average molecular weight is 153 g/mol. The second-order valence-electron chi connectivity index (χ2n) is 2.08. The molecule has 0 amide bonds. The highest BCUT2D eigenvalue weighted by atomic mass is 16.5. The molecule has 0 fully saturated rings. The van der Waals surface area contributed by atoms with Crippen LogP contribution in [0.15, 0.2) is 24.3 Å². The van der Waals surface area contributed by atoms with Crippen molar-refractivity contribution < 1.29 is 4.74 Å². The van der Waals surface area contributed by atoms with Gasteiger partial charge in [0.1, 0.15) is 11.4 Å². The molecule has 0 heterocycles. The molecule has 4 N–H and O–H groups in total. The van der Waals surface area contributed by atoms with Gasteiger partial charge in [-0.05, 0) is 12.1 Å². The molecule has 4 nitrogen and oxygen atoms in total. The van der Waals surface area contributed by atoms with Crippen molar-refractivity contribution in [1.82, 2.24) is 0 Å². The number of hydrogen-bond donors (Lipinski definition) is 2. The molecule has 0 aliphatic rings. The minimum absolute atomic E-state index is 0.662. The van der Waals surface area contributed by atoms with E-state index in [4.69, 9.17) is 16.4 Å². The summed E-state index contributed by atoms with van der Waals surface area (Å²) in [6, 6.07) is 7.26. The van der Waals surface area contributed by atoms with Gasteiger partial charge in [0.15, 0.2) is 0 Å². The number of benzene rings is 1. The second-order valence-corrected chi connectivity index (χ2v) is 2.08. The first-order valence-electron chi connectivity index (χ1n) is 3.18. The summed E-state index contributed by atoms with van der Waals surface area (Å²) in [6.07, 6.45) is 0. The summed E-state index contributed by atoms with van der Waals surface area (Å²) >= 11 is 0. The molecule has 0 atom stereocenters. The van der Waals surface area contributed by atoms with Crippen molar-refractivity contribution in [2.75, 3.05) is 12.2 Å². The van der Waals surface area contributed by atoms with Crippen molar-refractivity contribution >= 4 is 5.69 Å². The quantitative estimate of drug-likeness (QED) is 0.472. The molecule has 0 aliphatic heterocycles. The van der Waals surface area contributed by atoms with E-state index >= 15 is 0 Å². The first-order valence-corrected chi connectivity index (χ1v) is 3.18. The van der Waals surface area contributed by atoms with Gasteiger partial charge in [-0.15, -0.1) is 0 Å². The highest BCUT2D eigenvalue weighted by Gasteiger charge is 2.02. The highest BCUT2D eigenvalue weighted by Crippen LogP contribution is 2.23. The van der Waals surface area contributed by atoms with Crippen LogP contribution in [0.1, 0.15) is 0 Å². The second kappa shape index (κ2) is 3.23. The van der Waals surface area contributed by atoms with Crippen LogP contribution in [0.25, 0.3) is 0 Å². The number of rotatable bonds is 2. The lowest BCUT2D eigenvalue weighted by Crippen LogP contribution is -2.38. The molecule has 60 valence electrons. The largest absolute Gasteiger partial charge is 0.494 e. The molecular formula is C7H11N3O. The van der Waals surface area contributed by atoms with Crippen LogP contribution in [0.2, 0.25) is 0 Å². The fraction of sp³-hybridized carbons (Fsp3) is 0.143. The average Bonchev–Trinajstić information content (AvgIpc) is 2.04. The smallest absolute Gasteiger partial charge is 0.145 e. The van der Waals surface area contributed by atoms with E-state index in [0.717, 1.165) is 5.12 Å². The molecule has 4 heteroatoms. The fourth-order valence-corrected chi connectivity index (χ4v) is 0.843. The zero-order valence-electron chi connectivity index (χ0n) is 6.32. The van der Waals surface area contributed by atoms with E-state index in [1.807, 2.05) is 12.1 Å². The zero-order valence-corrected chi connectivity index (χ0v) is 6.32. The van der Waals surface area contributed by atoms with Crippen LogP contribution < -0.4 is 21.5 Å². The van der Waals surface area contributed by atoms with Gasteiger partial charge >= 0.3 is 0 Å². The van der Waals surface area contributed by atoms with Crippen LogP contribution in [0.5, 0.6) is 5.75 Å². The third-order valence-electron chi connectivity index (χ3n) is 1.36. The minimum Gasteiger partial charge on any atom is -0.494 e. The summed E-state index contributed by atoms with van der Waals surface area (Å²) in [7, 11) is 1.57. The summed E-state index contributed by atoms with van der Waals surface area (Å²) < 4.78 is 5.00. The lowest BCUT2D eigenvalue weighted by molar-refractivity contribution is 0.414. The van der Waals surface area contributed by atoms with Crippen molar-refractivity contribution in [2.24, 2.45) is 11.7 Å². The molecule has 1 aromatic rings. The molecule has 0 bridgehead atoms. The number of hydrogen-bond acceptors (Lipinski definition) is 4. The van der Waals surface area contributed by atoms with E-state index in [1.165, 1.54) is 0 Å². The molecule has 11 heavy (non-hydrogen) atoms. The van der Waals surface area contributed by atoms with Gasteiger partial charge in [0.25, 0.3) is 0 Å². The van der Waals surface area contributed by atoms with Crippen LogP contribution in [0.4, 0.5) is 5.69 Å². The van der Waals surface area contributed by atoms with E-state index in [9.17, 15) is 0 Å². The van der Waals surface area contributed by atoms with Crippen molar-refractivity contribution in [3.63, 3.8) is 0 Å². The minimum atomic E-state index is 0.662. The Hall–Kier alpha value is -1.26. The Balaban J connectivity index is 3.02. The first kappa shape index (κ1) is 7.84. The van der Waals surface area contributed by atoms with Gasteiger partial charge < -0.3 is 4.74 Å². The molecule has 0 radical (unpaired) electrons. The SMILES string of the molecule is COc1ccccc1N(N)N. The molecule has 1 aromatic carbocycles. The topological polar surface area (TPSA) is 64.5 Å². The maximum atomic E-state index is 5.32. The maximum Gasteiger partial charge on any atom is 0.145 e. The number of nitrogens with zero attached hydrogens (tertiary/aromatic N) is 1. The molecule has 0 spiro atoms. The van der Waals surface area contributed by atoms with E-state index in [-0.39, 0.29) is 0 Å². The zero-order chi connectivity index (χ0) is 8.27. The Kier molecular flexibility index (Phi) is 2.30. The van der Waals surface area contributed by atoms with Crippen LogP contribution in [-0.2, 0) is 0 Å². The standard InChI is InChI=1S/C7H11N3O/c1-11-7-5-3-2-4-6(7)10(8)9/h2-5H,8-9H2,1H3. The predicted molar refractivity (Wildman–Crippen MR) is 43.8 cm³/mol. The van der Waals surface area contributed by atoms with Crippen LogP contribution in [0.3, 0.4) is 0 Å². The number of nitrogens with two attached hydrogens (primary N) is 2. The number of para-hydroxylation sites is 2. The maximum absolute atomic E-state index is 5.32. The van der Waals surface area contributed by atoms with Gasteiger partial charge in [-0.2, -0.15) is 0 Å². The molecule has 0 unspecified atom stereocenters. The van der Waals surface area contributed by atoms with Crippen molar-refractivity contribution in [2.45, 2.75) is 0 Å². The molecular weight excluding hydrogens is 142 g/mol. The molecule has 1 rings (SSSR count). The molecule has 0 saturated heterocycles. The van der Waals surface area contributed by atoms with E-state index in [1.54, 1.807) is 19.2 Å². The van der Waals surface area contributed by atoms with Crippen molar-refractivity contribution in [3.05, 3.63) is 24.3 Å². The number of anilines is 1. The Labute approximate surface area is 65.3 Å². The Morgan fingerprint density at radius 3 is 2.36 bits per heavy atom. The Morgan fingerprint density at radius 2 is 1.91 bits per heavy atom. The Morgan fingerprint density at radius 1 is 1.27 bits per heavy atom. The summed E-state index contributed by atoms with van der Waals surface area (Å²) in [5.74, 6) is 11.3. The third kappa shape index (κ3) is 1.60. The van der Waals surface area contributed by atoms with Gasteiger partial charge in [0.05, 0.1) is 7.11 Å².